The lowest BCUT2D eigenvalue weighted by Gasteiger charge is -2.28. The predicted molar refractivity (Wildman–Crippen MR) is 360 cm³/mol. The molecule has 37 nitrogen and oxygen atoms in total. The number of carbonyl (C=O) groups is 1. The topological polar surface area (TPSA) is 501 Å². The number of esters is 1. The molecule has 0 spiro atoms. The van der Waals surface area contributed by atoms with Crippen LogP contribution in [0.5, 0.6) is 0 Å². The number of aliphatic hydroxyl groups is 2. The van der Waals surface area contributed by atoms with E-state index in [9.17, 15) is 38.6 Å². The number of rotatable bonds is 43. The Kier molecular flexibility index (Phi) is 29.0. The fraction of sp³-hybridized carbons (Fsp3) is 0.704. The van der Waals surface area contributed by atoms with E-state index in [0.717, 1.165) is 31.9 Å². The number of methoxy groups -OCH3 is 2. The van der Waals surface area contributed by atoms with Gasteiger partial charge < -0.3 is 84.5 Å². The molecule has 7 unspecified atom stereocenters. The highest BCUT2D eigenvalue weighted by Gasteiger charge is 2.54. The Morgan fingerprint density at radius 2 is 0.939 bits per heavy atom. The third kappa shape index (κ3) is 20.6. The monoisotopic (exact) mass is 1520 g/mol. The summed E-state index contributed by atoms with van der Waals surface area (Å²) in [6.45, 7) is -15.0. The Labute approximate surface area is 577 Å². The molecule has 0 amide bonds. The third-order valence-corrected chi connectivity index (χ3v) is 23.4. The first-order valence-electron chi connectivity index (χ1n) is 31.8. The number of aliphatic hydroxyl groups excluding tert-OH is 2. The fourth-order valence-electron chi connectivity index (χ4n) is 11.6. The number of fused-ring (bicyclic) bond motifs is 3. The van der Waals surface area contributed by atoms with Crippen LogP contribution in [-0.4, -0.2) is 209 Å². The lowest BCUT2D eigenvalue weighted by molar-refractivity contribution is -0.143. The summed E-state index contributed by atoms with van der Waals surface area (Å²) >= 11 is 11.7. The van der Waals surface area contributed by atoms with Gasteiger partial charge in [0, 0.05) is 26.4 Å². The molecule has 0 aliphatic carbocycles. The Morgan fingerprint density at radius 1 is 0.541 bits per heavy atom. The van der Waals surface area contributed by atoms with E-state index in [0.29, 0.717) is 17.8 Å². The van der Waals surface area contributed by atoms with Gasteiger partial charge in [0.2, 0.25) is 0 Å². The summed E-state index contributed by atoms with van der Waals surface area (Å²) in [6, 6.07) is 0. The van der Waals surface area contributed by atoms with Crippen LogP contribution < -0.4 is 17.2 Å². The number of nitrogen functional groups attached to an aromatic ring is 3. The summed E-state index contributed by atoms with van der Waals surface area (Å²) in [7, 11) is -2.23. The van der Waals surface area contributed by atoms with Crippen molar-refractivity contribution in [3.8, 4) is 0 Å². The van der Waals surface area contributed by atoms with E-state index < -0.39 is 141 Å². The van der Waals surface area contributed by atoms with Crippen LogP contribution in [0.15, 0.2) is 38.0 Å². The standard InChI is InChI=1S/C54H85N15O22P4S3/c1-4-5-6-7-8-9-10-11-12-13-14-15-16-17-18-19-36(71)81-22-23-98-93(75,76)89-44-41(79-2)35(88-53(44)68-31-65-38-47(56)59-28-62-50(38)68)26-85-94(77,96)90-43-40(72)33(86-52(43)67-30-64-37-46(55)58-27-61-49(37)67)24-84-95(78,97)91-45-42(80-3)34(25-83-92(73,74)82-21-20-70)87-54(45)69-32-66-39-48(57)60-29-63-51(39)69/h27-35,40-45,52-54,70,72H,4-26H2,1-3H3,(H,73,74)(H,75,76)(H,77,96)(H,78,97)(H2,55,58,61)(H2,56,59,62)(H2,57,60,63)/t33-,34-,35-,40+,41+,42+,43?,44?,45?,52-,53-,54-,94?,95?/m1/s1. The average molecular weight is 1520 g/mol. The van der Waals surface area contributed by atoms with Gasteiger partial charge in [-0.3, -0.25) is 41.1 Å². The molecule has 3 saturated heterocycles. The summed E-state index contributed by atoms with van der Waals surface area (Å²) in [6.07, 6.45) is 8.18. The van der Waals surface area contributed by atoms with Crippen LogP contribution in [0.2, 0.25) is 0 Å². The fourth-order valence-corrected chi connectivity index (χ4v) is 17.5. The van der Waals surface area contributed by atoms with Crippen LogP contribution in [0.25, 0.3) is 33.5 Å². The zero-order chi connectivity index (χ0) is 70.2. The van der Waals surface area contributed by atoms with Crippen molar-refractivity contribution >= 4 is 120 Å². The first-order chi connectivity index (χ1) is 47.0. The highest BCUT2D eigenvalue weighted by Crippen LogP contribution is 2.60. The van der Waals surface area contributed by atoms with Crippen LogP contribution in [0.3, 0.4) is 0 Å². The van der Waals surface area contributed by atoms with Crippen LogP contribution in [0, 0.1) is 0 Å². The second-order valence-electron chi connectivity index (χ2n) is 23.1. The van der Waals surface area contributed by atoms with E-state index in [-0.39, 0.29) is 69.7 Å². The van der Waals surface area contributed by atoms with Crippen molar-refractivity contribution in [2.45, 2.75) is 183 Å². The Balaban J connectivity index is 0.837. The number of hydrogen-bond donors (Lipinski definition) is 9. The van der Waals surface area contributed by atoms with Gasteiger partial charge in [0.15, 0.2) is 53.1 Å². The Hall–Kier alpha value is -4.09. The van der Waals surface area contributed by atoms with Gasteiger partial charge in [-0.05, 0) is 41.4 Å². The molecule has 44 heteroatoms. The van der Waals surface area contributed by atoms with E-state index >= 15 is 0 Å². The van der Waals surface area contributed by atoms with Crippen molar-refractivity contribution in [3.05, 3.63) is 38.0 Å². The zero-order valence-corrected chi connectivity index (χ0v) is 60.0. The lowest BCUT2D eigenvalue weighted by atomic mass is 10.0. The molecule has 6 aromatic heterocycles. The second-order valence-corrected chi connectivity index (χ2v) is 34.1. The highest BCUT2D eigenvalue weighted by atomic mass is 32.7. The van der Waals surface area contributed by atoms with Gasteiger partial charge in [-0.15, -0.1) is 0 Å². The number of hydrogen-bond acceptors (Lipinski definition) is 33. The van der Waals surface area contributed by atoms with Crippen molar-refractivity contribution in [1.82, 2.24) is 58.6 Å². The van der Waals surface area contributed by atoms with Crippen LogP contribution in [-0.2, 0) is 97.6 Å². The number of imidazole rings is 3. The number of ether oxygens (including phenoxy) is 6. The molecule has 16 atom stereocenters. The molecule has 9 heterocycles. The second kappa shape index (κ2) is 36.4. The maximum absolute atomic E-state index is 14.0. The van der Waals surface area contributed by atoms with Gasteiger partial charge in [-0.1, -0.05) is 96.8 Å². The van der Waals surface area contributed by atoms with E-state index in [1.165, 1.54) is 124 Å². The van der Waals surface area contributed by atoms with E-state index in [4.69, 9.17) is 106 Å². The number of anilines is 3. The van der Waals surface area contributed by atoms with Gasteiger partial charge in [-0.25, -0.2) is 54.0 Å². The molecule has 0 aromatic carbocycles. The number of phosphoric acid groups is 1. The molecular weight excluding hydrogens is 1430 g/mol. The van der Waals surface area contributed by atoms with Gasteiger partial charge in [0.05, 0.1) is 52.0 Å². The molecule has 3 aliphatic heterocycles. The highest BCUT2D eigenvalue weighted by molar-refractivity contribution is 8.54. The Morgan fingerprint density at radius 3 is 1.39 bits per heavy atom. The lowest BCUT2D eigenvalue weighted by Crippen LogP contribution is -2.38. The molecule has 9 rings (SSSR count). The summed E-state index contributed by atoms with van der Waals surface area (Å²) in [4.78, 5) is 95.9. The number of nitrogens with two attached hydrogens (primary N) is 3. The van der Waals surface area contributed by atoms with Crippen molar-refractivity contribution in [2.24, 2.45) is 0 Å². The summed E-state index contributed by atoms with van der Waals surface area (Å²) in [5.41, 5.74) is 19.1. The normalized spacial score (nSPS) is 26.1. The molecule has 0 radical (unpaired) electrons. The third-order valence-electron chi connectivity index (χ3n) is 16.3. The van der Waals surface area contributed by atoms with Gasteiger partial charge in [-0.2, -0.15) is 0 Å². The predicted octanol–water partition coefficient (Wildman–Crippen LogP) is 5.72. The average Bonchev–Trinajstić information content (AvgIpc) is 1.62. The quantitative estimate of drug-likeness (QED) is 0.0125. The van der Waals surface area contributed by atoms with Gasteiger partial charge in [0.25, 0.3) is 0 Å². The minimum Gasteiger partial charge on any atom is -0.465 e. The molecule has 6 aromatic rings. The summed E-state index contributed by atoms with van der Waals surface area (Å²) < 4.78 is 107. The van der Waals surface area contributed by atoms with E-state index in [1.807, 2.05) is 0 Å². The number of aromatic nitrogens is 12. The number of nitrogens with zero attached hydrogens (tertiary/aromatic N) is 12. The van der Waals surface area contributed by atoms with Crippen LogP contribution in [0.4, 0.5) is 17.5 Å². The van der Waals surface area contributed by atoms with Crippen molar-refractivity contribution in [2.75, 3.05) is 76.8 Å². The van der Waals surface area contributed by atoms with E-state index in [2.05, 4.69) is 51.8 Å². The van der Waals surface area contributed by atoms with Crippen molar-refractivity contribution < 1.29 is 104 Å². The first kappa shape index (κ1) is 78.1. The molecular formula is C54H85N15O22P4S3. The molecule has 3 aliphatic rings. The molecule has 98 heavy (non-hydrogen) atoms. The molecule has 0 saturated carbocycles. The SMILES string of the molecule is CCCCCCCCCCCCCCCCCC(=O)OCCSP(=O)(O)OC1[C@@H](OC)[C@@H](COP(O)(=S)OC2[C@@H](O)[C@@H](COP(O)(=S)OC3[C@@H](OC)[C@@H](COP(=O)(O)OCCO)O[C@H]3n3cnc4c(N)ncnc43)O[C@H]2n2cnc3c(N)ncnc32)O[C@H]1n1cnc2c(N)ncnc21. The summed E-state index contributed by atoms with van der Waals surface area (Å²) in [5.74, 6) is -0.549. The smallest absolute Gasteiger partial charge is 0.465 e. The molecule has 0 bridgehead atoms. The van der Waals surface area contributed by atoms with Crippen molar-refractivity contribution in [1.29, 1.82) is 0 Å². The van der Waals surface area contributed by atoms with Gasteiger partial charge >= 0.3 is 34.0 Å². The Bertz CT molecular complexity index is 3760. The minimum absolute atomic E-state index is 0.00291. The largest absolute Gasteiger partial charge is 0.472 e. The molecule has 546 valence electrons. The maximum Gasteiger partial charge on any atom is 0.472 e. The van der Waals surface area contributed by atoms with E-state index in [1.54, 1.807) is 0 Å². The van der Waals surface area contributed by atoms with Gasteiger partial charge in [0.1, 0.15) is 97.1 Å². The molecule has 12 N–H and O–H groups in total. The minimum atomic E-state index is -4.75. The maximum atomic E-state index is 14.0. The first-order valence-corrected chi connectivity index (χ1v) is 41.7. The summed E-state index contributed by atoms with van der Waals surface area (Å²) in [5, 5.41) is 21.3. The number of unbranched alkanes of at least 4 members (excludes halogenated alkanes) is 14. The van der Waals surface area contributed by atoms with Crippen LogP contribution in [0.1, 0.15) is 128 Å². The number of phosphoric ester groups is 1. The molecule has 3 fully saturated rings. The van der Waals surface area contributed by atoms with Crippen LogP contribution >= 0.6 is 39.4 Å². The van der Waals surface area contributed by atoms with Crippen molar-refractivity contribution in [3.63, 3.8) is 0 Å². The zero-order valence-electron chi connectivity index (χ0n) is 54.0. The number of carbonyl (C=O) groups excluding carboxylic acids is 1.